The lowest BCUT2D eigenvalue weighted by molar-refractivity contribution is -0.123. The molecule has 4 heteroatoms. The first kappa shape index (κ1) is 17.3. The van der Waals surface area contributed by atoms with Crippen LogP contribution in [0.3, 0.4) is 0 Å². The van der Waals surface area contributed by atoms with Crippen LogP contribution in [0.2, 0.25) is 0 Å². The van der Waals surface area contributed by atoms with Crippen LogP contribution in [0.1, 0.15) is 55.6 Å². The molecule has 3 atom stereocenters. The third-order valence-electron chi connectivity index (χ3n) is 5.07. The molecule has 0 aliphatic heterocycles. The van der Waals surface area contributed by atoms with E-state index in [1.807, 2.05) is 6.07 Å². The highest BCUT2D eigenvalue weighted by Gasteiger charge is 2.27. The van der Waals surface area contributed by atoms with Crippen molar-refractivity contribution in [3.63, 3.8) is 0 Å². The number of nitrogens with two attached hydrogens (primary N) is 1. The first-order valence-corrected chi connectivity index (χ1v) is 8.35. The summed E-state index contributed by atoms with van der Waals surface area (Å²) < 4.78 is 0. The lowest BCUT2D eigenvalue weighted by atomic mass is 9.82. The minimum Gasteiger partial charge on any atom is -0.355 e. The van der Waals surface area contributed by atoms with E-state index in [0.717, 1.165) is 38.6 Å². The van der Waals surface area contributed by atoms with Crippen LogP contribution in [0, 0.1) is 5.92 Å². The zero-order valence-electron chi connectivity index (χ0n) is 13.1. The van der Waals surface area contributed by atoms with Crippen LogP contribution in [0.15, 0.2) is 24.3 Å². The van der Waals surface area contributed by atoms with Crippen LogP contribution >= 0.6 is 12.4 Å². The molecule has 1 fully saturated rings. The standard InChI is InChI=1S/C18H26N2O.ClH/c19-15-8-3-5-13(11-15)12-20-18(21)17-10-4-7-14-6-1-2-9-16(14)17;/h1-2,6,9,13,15,17H,3-5,7-8,10-12,19H2,(H,20,21);1H. The third kappa shape index (κ3) is 4.02. The molecule has 0 bridgehead atoms. The second-order valence-corrected chi connectivity index (χ2v) is 6.68. The summed E-state index contributed by atoms with van der Waals surface area (Å²) in [6.45, 7) is 0.797. The molecule has 1 amide bonds. The molecule has 22 heavy (non-hydrogen) atoms. The van der Waals surface area contributed by atoms with Crippen molar-refractivity contribution >= 4 is 18.3 Å². The number of amides is 1. The van der Waals surface area contributed by atoms with Gasteiger partial charge in [0.1, 0.15) is 0 Å². The van der Waals surface area contributed by atoms with E-state index in [1.54, 1.807) is 0 Å². The number of nitrogens with one attached hydrogen (secondary N) is 1. The van der Waals surface area contributed by atoms with Gasteiger partial charge in [-0.1, -0.05) is 30.7 Å². The average molecular weight is 323 g/mol. The van der Waals surface area contributed by atoms with E-state index in [2.05, 4.69) is 23.5 Å². The summed E-state index contributed by atoms with van der Waals surface area (Å²) >= 11 is 0. The van der Waals surface area contributed by atoms with Gasteiger partial charge in [-0.25, -0.2) is 0 Å². The van der Waals surface area contributed by atoms with E-state index in [0.29, 0.717) is 12.0 Å². The highest BCUT2D eigenvalue weighted by molar-refractivity contribution is 5.85. The van der Waals surface area contributed by atoms with Crippen molar-refractivity contribution in [2.75, 3.05) is 6.54 Å². The van der Waals surface area contributed by atoms with E-state index in [9.17, 15) is 4.79 Å². The molecule has 3 N–H and O–H groups in total. The summed E-state index contributed by atoms with van der Waals surface area (Å²) in [4.78, 5) is 12.5. The molecule has 1 aromatic rings. The van der Waals surface area contributed by atoms with Crippen LogP contribution in [-0.4, -0.2) is 18.5 Å². The lowest BCUT2D eigenvalue weighted by Gasteiger charge is -2.28. The van der Waals surface area contributed by atoms with Crippen molar-refractivity contribution < 1.29 is 4.79 Å². The zero-order valence-corrected chi connectivity index (χ0v) is 13.9. The maximum Gasteiger partial charge on any atom is 0.227 e. The van der Waals surface area contributed by atoms with Crippen LogP contribution in [-0.2, 0) is 11.2 Å². The summed E-state index contributed by atoms with van der Waals surface area (Å²) in [6.07, 6.45) is 7.80. The molecule has 0 radical (unpaired) electrons. The summed E-state index contributed by atoms with van der Waals surface area (Å²) in [5, 5.41) is 3.19. The second kappa shape index (κ2) is 7.98. The Morgan fingerprint density at radius 2 is 2.00 bits per heavy atom. The van der Waals surface area contributed by atoms with E-state index < -0.39 is 0 Å². The maximum absolute atomic E-state index is 12.5. The monoisotopic (exact) mass is 322 g/mol. The Bertz CT molecular complexity index is 506. The molecule has 1 aromatic carbocycles. The number of carbonyl (C=O) groups excluding carboxylic acids is 1. The molecule has 3 rings (SSSR count). The van der Waals surface area contributed by atoms with Gasteiger partial charge in [0.15, 0.2) is 0 Å². The Kier molecular flexibility index (Phi) is 6.27. The zero-order chi connectivity index (χ0) is 14.7. The molecule has 3 unspecified atom stereocenters. The molecule has 2 aliphatic carbocycles. The maximum atomic E-state index is 12.5. The first-order valence-electron chi connectivity index (χ1n) is 8.35. The molecule has 122 valence electrons. The fraction of sp³-hybridized carbons (Fsp3) is 0.611. The number of benzene rings is 1. The number of fused-ring (bicyclic) bond motifs is 1. The molecule has 1 saturated carbocycles. The van der Waals surface area contributed by atoms with Crippen LogP contribution in [0.5, 0.6) is 0 Å². The molecular weight excluding hydrogens is 296 g/mol. The minimum atomic E-state index is 0. The summed E-state index contributed by atoms with van der Waals surface area (Å²) in [5.41, 5.74) is 8.61. The highest BCUT2D eigenvalue weighted by Crippen LogP contribution is 2.31. The number of rotatable bonds is 3. The molecule has 0 aromatic heterocycles. The number of carbonyl (C=O) groups is 1. The molecule has 3 nitrogen and oxygen atoms in total. The van der Waals surface area contributed by atoms with E-state index in [4.69, 9.17) is 5.73 Å². The van der Waals surface area contributed by atoms with Crippen LogP contribution < -0.4 is 11.1 Å². The van der Waals surface area contributed by atoms with Crippen molar-refractivity contribution in [3.8, 4) is 0 Å². The molecule has 0 spiro atoms. The fourth-order valence-electron chi connectivity index (χ4n) is 3.91. The number of hydrogen-bond donors (Lipinski definition) is 2. The minimum absolute atomic E-state index is 0. The van der Waals surface area contributed by atoms with Crippen molar-refractivity contribution in [1.29, 1.82) is 0 Å². The predicted molar refractivity (Wildman–Crippen MR) is 92.3 cm³/mol. The molecular formula is C18H27ClN2O. The van der Waals surface area contributed by atoms with Gasteiger partial charge in [0.2, 0.25) is 5.91 Å². The first-order chi connectivity index (χ1) is 10.2. The van der Waals surface area contributed by atoms with Crippen LogP contribution in [0.25, 0.3) is 0 Å². The molecule has 2 aliphatic rings. The quantitative estimate of drug-likeness (QED) is 0.898. The Balaban J connectivity index is 0.00000176. The largest absolute Gasteiger partial charge is 0.355 e. The van der Waals surface area contributed by atoms with Gasteiger partial charge < -0.3 is 11.1 Å². The molecule has 0 heterocycles. The van der Waals surface area contributed by atoms with Crippen molar-refractivity contribution in [2.45, 2.75) is 56.9 Å². The Morgan fingerprint density at radius 1 is 1.18 bits per heavy atom. The van der Waals surface area contributed by atoms with E-state index >= 15 is 0 Å². The Morgan fingerprint density at radius 3 is 2.82 bits per heavy atom. The van der Waals surface area contributed by atoms with Gasteiger partial charge in [-0.05, 0) is 55.6 Å². The van der Waals surface area contributed by atoms with Crippen LogP contribution in [0.4, 0.5) is 0 Å². The topological polar surface area (TPSA) is 55.1 Å². The van der Waals surface area contributed by atoms with Gasteiger partial charge in [-0.3, -0.25) is 4.79 Å². The highest BCUT2D eigenvalue weighted by atomic mass is 35.5. The van der Waals surface area contributed by atoms with Gasteiger partial charge >= 0.3 is 0 Å². The smallest absolute Gasteiger partial charge is 0.227 e. The van der Waals surface area contributed by atoms with Gasteiger partial charge in [-0.2, -0.15) is 0 Å². The van der Waals surface area contributed by atoms with Crippen molar-refractivity contribution in [2.24, 2.45) is 11.7 Å². The second-order valence-electron chi connectivity index (χ2n) is 6.68. The summed E-state index contributed by atoms with van der Waals surface area (Å²) in [7, 11) is 0. The number of hydrogen-bond acceptors (Lipinski definition) is 2. The van der Waals surface area contributed by atoms with Gasteiger partial charge in [0.05, 0.1) is 5.92 Å². The van der Waals surface area contributed by atoms with Gasteiger partial charge in [0, 0.05) is 12.6 Å². The SMILES string of the molecule is Cl.NC1CCCC(CNC(=O)C2CCCc3ccccc32)C1. The normalized spacial score (nSPS) is 27.4. The van der Waals surface area contributed by atoms with Gasteiger partial charge in [0.25, 0.3) is 0 Å². The number of halogens is 1. The number of aryl methyl sites for hydroxylation is 1. The third-order valence-corrected chi connectivity index (χ3v) is 5.07. The Hall–Kier alpha value is -1.06. The van der Waals surface area contributed by atoms with E-state index in [1.165, 1.54) is 24.0 Å². The average Bonchev–Trinajstić information content (AvgIpc) is 2.52. The predicted octanol–water partition coefficient (Wildman–Crippen LogP) is 3.16. The molecule has 0 saturated heterocycles. The summed E-state index contributed by atoms with van der Waals surface area (Å²) in [6, 6.07) is 8.73. The van der Waals surface area contributed by atoms with E-state index in [-0.39, 0.29) is 24.2 Å². The summed E-state index contributed by atoms with van der Waals surface area (Å²) in [5.74, 6) is 0.824. The van der Waals surface area contributed by atoms with Gasteiger partial charge in [-0.15, -0.1) is 12.4 Å². The van der Waals surface area contributed by atoms with Crippen molar-refractivity contribution in [3.05, 3.63) is 35.4 Å². The Labute approximate surface area is 139 Å². The lowest BCUT2D eigenvalue weighted by Crippen LogP contribution is -2.38. The van der Waals surface area contributed by atoms with Crippen molar-refractivity contribution in [1.82, 2.24) is 5.32 Å². The fourth-order valence-corrected chi connectivity index (χ4v) is 3.91.